The standard InChI is InChI=1S/C25H15FN4S2/c26-15-11-9-14(10-12-15)21-16(13-27)25-30(18-6-2-4-8-20(18)32-25)23(28)22(21)24-29-17-5-1-3-7-19(17)31-24/h1-12,21,28-29H/b24-22+,28-23?/t21-/m0/s1. The van der Waals surface area contributed by atoms with Crippen molar-refractivity contribution < 1.29 is 4.39 Å². The van der Waals surface area contributed by atoms with Crippen molar-refractivity contribution in [2.75, 3.05) is 10.2 Å². The molecule has 0 fully saturated rings. The van der Waals surface area contributed by atoms with Crippen molar-refractivity contribution in [1.82, 2.24) is 0 Å². The average Bonchev–Trinajstić information content (AvgIpc) is 3.41. The third-order valence-corrected chi connectivity index (χ3v) is 7.98. The molecule has 4 nitrogen and oxygen atoms in total. The topological polar surface area (TPSA) is 62.9 Å². The Morgan fingerprint density at radius 2 is 1.66 bits per heavy atom. The second-order valence-corrected chi connectivity index (χ2v) is 9.62. The van der Waals surface area contributed by atoms with E-state index >= 15 is 0 Å². The quantitative estimate of drug-likeness (QED) is 0.430. The molecule has 154 valence electrons. The Kier molecular flexibility index (Phi) is 4.39. The van der Waals surface area contributed by atoms with E-state index in [1.807, 2.05) is 53.4 Å². The molecule has 0 spiro atoms. The van der Waals surface area contributed by atoms with Gasteiger partial charge in [-0.15, -0.1) is 0 Å². The Hall–Kier alpha value is -3.47. The van der Waals surface area contributed by atoms with E-state index in [-0.39, 0.29) is 5.82 Å². The first kappa shape index (κ1) is 19.2. The lowest BCUT2D eigenvalue weighted by molar-refractivity contribution is 0.627. The Balaban J connectivity index is 1.61. The minimum Gasteiger partial charge on any atom is -0.349 e. The predicted molar refractivity (Wildman–Crippen MR) is 127 cm³/mol. The van der Waals surface area contributed by atoms with Crippen LogP contribution in [0.1, 0.15) is 11.5 Å². The van der Waals surface area contributed by atoms with Gasteiger partial charge in [0.25, 0.3) is 0 Å². The molecule has 0 saturated heterocycles. The number of nitrogens with zero attached hydrogens (tertiary/aromatic N) is 2. The number of fused-ring (bicyclic) bond motifs is 4. The van der Waals surface area contributed by atoms with Crippen molar-refractivity contribution in [1.29, 1.82) is 10.7 Å². The number of anilines is 2. The van der Waals surface area contributed by atoms with Crippen molar-refractivity contribution in [2.24, 2.45) is 0 Å². The summed E-state index contributed by atoms with van der Waals surface area (Å²) < 4.78 is 13.7. The van der Waals surface area contributed by atoms with E-state index in [2.05, 4.69) is 11.4 Å². The van der Waals surface area contributed by atoms with Gasteiger partial charge in [0, 0.05) is 15.4 Å². The smallest absolute Gasteiger partial charge is 0.137 e. The van der Waals surface area contributed by atoms with Gasteiger partial charge in [0.05, 0.1) is 34.0 Å². The molecular formula is C25H15FN4S2. The Bertz CT molecular complexity index is 1370. The van der Waals surface area contributed by atoms with E-state index in [1.54, 1.807) is 23.9 Å². The largest absolute Gasteiger partial charge is 0.349 e. The molecule has 0 radical (unpaired) electrons. The summed E-state index contributed by atoms with van der Waals surface area (Å²) in [5.41, 5.74) is 3.96. The van der Waals surface area contributed by atoms with Gasteiger partial charge in [0.15, 0.2) is 0 Å². The fourth-order valence-electron chi connectivity index (χ4n) is 4.29. The molecule has 3 aliphatic heterocycles. The van der Waals surface area contributed by atoms with Crippen LogP contribution >= 0.6 is 23.5 Å². The first-order valence-electron chi connectivity index (χ1n) is 9.99. The highest BCUT2D eigenvalue weighted by Gasteiger charge is 2.44. The van der Waals surface area contributed by atoms with Gasteiger partial charge in [-0.25, -0.2) is 4.39 Å². The highest BCUT2D eigenvalue weighted by atomic mass is 32.2. The summed E-state index contributed by atoms with van der Waals surface area (Å²) in [6.45, 7) is 0. The van der Waals surface area contributed by atoms with Crippen molar-refractivity contribution in [3.8, 4) is 6.07 Å². The highest BCUT2D eigenvalue weighted by molar-refractivity contribution is 8.04. The molecule has 3 aromatic carbocycles. The van der Waals surface area contributed by atoms with Gasteiger partial charge in [-0.05, 0) is 42.0 Å². The molecule has 0 amide bonds. The van der Waals surface area contributed by atoms with Crippen molar-refractivity contribution >= 4 is 40.7 Å². The third kappa shape index (κ3) is 2.80. The number of hydrogen-bond acceptors (Lipinski definition) is 5. The van der Waals surface area contributed by atoms with Crippen LogP contribution in [0.25, 0.3) is 0 Å². The van der Waals surface area contributed by atoms with Crippen molar-refractivity contribution in [2.45, 2.75) is 15.7 Å². The van der Waals surface area contributed by atoms with E-state index in [4.69, 9.17) is 0 Å². The number of nitrogens with one attached hydrogen (secondary N) is 2. The van der Waals surface area contributed by atoms with Gasteiger partial charge in [-0.3, -0.25) is 10.3 Å². The fourth-order valence-corrected chi connectivity index (χ4v) is 6.54. The maximum atomic E-state index is 13.7. The van der Waals surface area contributed by atoms with Crippen molar-refractivity contribution in [3.63, 3.8) is 0 Å². The first-order chi connectivity index (χ1) is 15.7. The SMILES string of the molecule is N#CC1=C2Sc3ccccc3N2C(=N)/C(=C2\Nc3ccccc3S2)[C@H]1c1ccc(F)cc1. The zero-order valence-corrected chi connectivity index (χ0v) is 18.2. The Morgan fingerprint density at radius 3 is 2.41 bits per heavy atom. The highest BCUT2D eigenvalue weighted by Crippen LogP contribution is 2.56. The summed E-state index contributed by atoms with van der Waals surface area (Å²) in [5.74, 6) is -0.468. The fraction of sp³-hybridized carbons (Fsp3) is 0.0400. The minimum absolute atomic E-state index is 0.327. The molecule has 1 atom stereocenters. The molecule has 0 saturated carbocycles. The van der Waals surface area contributed by atoms with Gasteiger partial charge in [-0.2, -0.15) is 5.26 Å². The third-order valence-electron chi connectivity index (χ3n) is 5.72. The molecule has 0 aliphatic carbocycles. The van der Waals surface area contributed by atoms with Crippen LogP contribution in [0.4, 0.5) is 15.8 Å². The number of nitriles is 1. The van der Waals surface area contributed by atoms with E-state index in [1.165, 1.54) is 23.9 Å². The van der Waals surface area contributed by atoms with Crippen LogP contribution in [-0.4, -0.2) is 5.84 Å². The maximum absolute atomic E-state index is 13.7. The number of allylic oxidation sites excluding steroid dienone is 1. The molecule has 0 unspecified atom stereocenters. The lowest BCUT2D eigenvalue weighted by Gasteiger charge is -2.35. The van der Waals surface area contributed by atoms with Gasteiger partial charge >= 0.3 is 0 Å². The summed E-state index contributed by atoms with van der Waals surface area (Å²) in [6.07, 6.45) is 0. The lowest BCUT2D eigenvalue weighted by atomic mass is 9.82. The van der Waals surface area contributed by atoms with E-state index < -0.39 is 5.92 Å². The summed E-state index contributed by atoms with van der Waals surface area (Å²) in [4.78, 5) is 3.95. The molecule has 0 bridgehead atoms. The summed E-state index contributed by atoms with van der Waals surface area (Å²) >= 11 is 3.07. The lowest BCUT2D eigenvalue weighted by Crippen LogP contribution is -2.37. The van der Waals surface area contributed by atoms with Crippen LogP contribution in [0.15, 0.2) is 104 Å². The van der Waals surface area contributed by atoms with E-state index in [0.717, 1.165) is 42.4 Å². The summed E-state index contributed by atoms with van der Waals surface area (Å²) in [6, 6.07) is 24.5. The van der Waals surface area contributed by atoms with Gasteiger partial charge in [0.2, 0.25) is 0 Å². The van der Waals surface area contributed by atoms with Crippen LogP contribution in [-0.2, 0) is 0 Å². The molecule has 3 aliphatic rings. The van der Waals surface area contributed by atoms with Crippen molar-refractivity contribution in [3.05, 3.63) is 105 Å². The second kappa shape index (κ2) is 7.30. The number of rotatable bonds is 1. The maximum Gasteiger partial charge on any atom is 0.137 e. The number of amidine groups is 1. The normalized spacial score (nSPS) is 21.1. The van der Waals surface area contributed by atoms with Crippen LogP contribution in [0, 0.1) is 22.6 Å². The minimum atomic E-state index is -0.467. The molecule has 7 heteroatoms. The molecule has 0 aromatic heterocycles. The molecule has 6 rings (SSSR count). The average molecular weight is 455 g/mol. The monoisotopic (exact) mass is 454 g/mol. The number of para-hydroxylation sites is 2. The number of thioether (sulfide) groups is 2. The number of halogens is 1. The molecule has 3 heterocycles. The zero-order valence-electron chi connectivity index (χ0n) is 16.6. The Morgan fingerprint density at radius 1 is 0.938 bits per heavy atom. The van der Waals surface area contributed by atoms with Gasteiger partial charge < -0.3 is 5.32 Å². The second-order valence-electron chi connectivity index (χ2n) is 7.54. The predicted octanol–water partition coefficient (Wildman–Crippen LogP) is 6.68. The molecular weight excluding hydrogens is 439 g/mol. The van der Waals surface area contributed by atoms with Gasteiger partial charge in [0.1, 0.15) is 16.7 Å². The zero-order chi connectivity index (χ0) is 21.8. The molecule has 2 N–H and O–H groups in total. The van der Waals surface area contributed by atoms with Crippen LogP contribution in [0.2, 0.25) is 0 Å². The summed E-state index contributed by atoms with van der Waals surface area (Å²) in [5, 5.41) is 24.6. The Labute approximate surface area is 193 Å². The molecule has 32 heavy (non-hydrogen) atoms. The van der Waals surface area contributed by atoms with E-state index in [0.29, 0.717) is 11.4 Å². The van der Waals surface area contributed by atoms with E-state index in [9.17, 15) is 15.1 Å². The van der Waals surface area contributed by atoms with Crippen LogP contribution < -0.4 is 10.2 Å². The molecule has 3 aromatic rings. The van der Waals surface area contributed by atoms with Gasteiger partial charge in [-0.1, -0.05) is 59.9 Å². The van der Waals surface area contributed by atoms with Crippen LogP contribution in [0.3, 0.4) is 0 Å². The first-order valence-corrected chi connectivity index (χ1v) is 11.6. The van der Waals surface area contributed by atoms with Crippen LogP contribution in [0.5, 0.6) is 0 Å². The number of benzene rings is 3. The number of hydrogen-bond donors (Lipinski definition) is 2. The summed E-state index contributed by atoms with van der Waals surface area (Å²) in [7, 11) is 0.